The predicted molar refractivity (Wildman–Crippen MR) is 100 cm³/mol. The molecule has 0 fully saturated rings. The summed E-state index contributed by atoms with van der Waals surface area (Å²) >= 11 is 2.15. The molecular formula is C18H13IO6. The molecule has 3 rings (SSSR count). The monoisotopic (exact) mass is 452 g/mol. The van der Waals surface area contributed by atoms with Crippen LogP contribution in [0.15, 0.2) is 42.5 Å². The Morgan fingerprint density at radius 3 is 1.76 bits per heavy atom. The maximum absolute atomic E-state index is 11.7. The topological polar surface area (TPSA) is 71.1 Å². The molecule has 0 radical (unpaired) electrons. The highest BCUT2D eigenvalue weighted by Crippen LogP contribution is 2.43. The zero-order valence-corrected chi connectivity index (χ0v) is 15.5. The van der Waals surface area contributed by atoms with Crippen LogP contribution < -0.4 is 9.47 Å². The summed E-state index contributed by atoms with van der Waals surface area (Å²) in [5, 5.41) is 2.46. The molecule has 3 aromatic carbocycles. The van der Waals surface area contributed by atoms with Crippen LogP contribution in [0.25, 0.3) is 21.5 Å². The van der Waals surface area contributed by atoms with Crippen LogP contribution in [0.3, 0.4) is 0 Å². The lowest BCUT2D eigenvalue weighted by Crippen LogP contribution is -2.10. The van der Waals surface area contributed by atoms with Gasteiger partial charge in [0.05, 0.1) is 14.2 Å². The molecule has 0 aliphatic carbocycles. The van der Waals surface area contributed by atoms with E-state index in [0.29, 0.717) is 33.0 Å². The van der Waals surface area contributed by atoms with Crippen LogP contribution in [-0.2, 0) is 9.47 Å². The van der Waals surface area contributed by atoms with Gasteiger partial charge in [-0.05, 0) is 40.8 Å². The van der Waals surface area contributed by atoms with Crippen molar-refractivity contribution < 1.29 is 28.5 Å². The lowest BCUT2D eigenvalue weighted by atomic mass is 10.0. The molecule has 3 aromatic rings. The van der Waals surface area contributed by atoms with Gasteiger partial charge in [-0.2, -0.15) is 0 Å². The molecule has 0 saturated carbocycles. The van der Waals surface area contributed by atoms with Crippen molar-refractivity contribution in [2.24, 2.45) is 0 Å². The average Bonchev–Trinajstić information content (AvgIpc) is 2.63. The molecule has 0 amide bonds. The van der Waals surface area contributed by atoms with Crippen molar-refractivity contribution in [3.8, 4) is 11.5 Å². The molecule has 6 nitrogen and oxygen atoms in total. The first-order chi connectivity index (χ1) is 12.0. The number of carbonyl (C=O) groups excluding carboxylic acids is 2. The summed E-state index contributed by atoms with van der Waals surface area (Å²) in [7, 11) is 2.48. The number of fused-ring (bicyclic) bond motifs is 2. The molecule has 0 atom stereocenters. The third kappa shape index (κ3) is 3.32. The minimum atomic E-state index is -0.827. The van der Waals surface area contributed by atoms with Crippen LogP contribution >= 0.6 is 22.6 Å². The number of rotatable bonds is 2. The SMILES string of the molecule is COC(=O)Oc1c2ccccc2c(OC(=O)OC)c2cc(I)ccc12. The summed E-state index contributed by atoms with van der Waals surface area (Å²) in [6.07, 6.45) is -1.65. The molecule has 0 saturated heterocycles. The molecule has 0 aromatic heterocycles. The van der Waals surface area contributed by atoms with Gasteiger partial charge in [0.1, 0.15) is 5.75 Å². The van der Waals surface area contributed by atoms with Gasteiger partial charge in [0.15, 0.2) is 5.75 Å². The van der Waals surface area contributed by atoms with E-state index in [4.69, 9.17) is 9.47 Å². The Morgan fingerprint density at radius 1 is 0.760 bits per heavy atom. The Balaban J connectivity index is 2.40. The zero-order valence-electron chi connectivity index (χ0n) is 13.4. The highest BCUT2D eigenvalue weighted by Gasteiger charge is 2.20. The second-order valence-electron chi connectivity index (χ2n) is 5.01. The van der Waals surface area contributed by atoms with E-state index in [0.717, 1.165) is 3.57 Å². The molecule has 0 bridgehead atoms. The van der Waals surface area contributed by atoms with Crippen molar-refractivity contribution in [1.82, 2.24) is 0 Å². The van der Waals surface area contributed by atoms with Crippen LogP contribution in [-0.4, -0.2) is 26.5 Å². The molecule has 0 N–H and O–H groups in total. The van der Waals surface area contributed by atoms with E-state index in [1.54, 1.807) is 30.3 Å². The first kappa shape index (κ1) is 17.3. The van der Waals surface area contributed by atoms with Gasteiger partial charge in [-0.3, -0.25) is 0 Å². The van der Waals surface area contributed by atoms with E-state index in [-0.39, 0.29) is 0 Å². The number of hydrogen-bond acceptors (Lipinski definition) is 6. The van der Waals surface area contributed by atoms with Crippen molar-refractivity contribution in [2.75, 3.05) is 14.2 Å². The van der Waals surface area contributed by atoms with Crippen molar-refractivity contribution >= 4 is 56.4 Å². The molecule has 0 spiro atoms. The highest BCUT2D eigenvalue weighted by atomic mass is 127. The Hall–Kier alpha value is -2.55. The Kier molecular flexibility index (Phi) is 4.93. The fourth-order valence-corrected chi connectivity index (χ4v) is 3.03. The summed E-state index contributed by atoms with van der Waals surface area (Å²) in [6, 6.07) is 12.6. The molecule has 128 valence electrons. The summed E-state index contributed by atoms with van der Waals surface area (Å²) in [5.74, 6) is 0.680. The van der Waals surface area contributed by atoms with E-state index in [2.05, 4.69) is 32.1 Å². The van der Waals surface area contributed by atoms with E-state index >= 15 is 0 Å². The smallest absolute Gasteiger partial charge is 0.437 e. The second-order valence-corrected chi connectivity index (χ2v) is 6.25. The van der Waals surface area contributed by atoms with E-state index in [1.165, 1.54) is 14.2 Å². The number of benzene rings is 3. The van der Waals surface area contributed by atoms with Crippen LogP contribution in [0.4, 0.5) is 9.59 Å². The lowest BCUT2D eigenvalue weighted by molar-refractivity contribution is 0.120. The molecule has 25 heavy (non-hydrogen) atoms. The minimum Gasteiger partial charge on any atom is -0.437 e. The van der Waals surface area contributed by atoms with Gasteiger partial charge in [-0.25, -0.2) is 9.59 Å². The third-order valence-corrected chi connectivity index (χ3v) is 4.26. The van der Waals surface area contributed by atoms with Gasteiger partial charge in [-0.1, -0.05) is 24.3 Å². The van der Waals surface area contributed by atoms with Crippen LogP contribution in [0.2, 0.25) is 0 Å². The van der Waals surface area contributed by atoms with Crippen molar-refractivity contribution in [3.63, 3.8) is 0 Å². The maximum Gasteiger partial charge on any atom is 0.513 e. The number of methoxy groups -OCH3 is 2. The molecule has 0 aliphatic rings. The summed E-state index contributed by atoms with van der Waals surface area (Å²) in [4.78, 5) is 23.4. The van der Waals surface area contributed by atoms with E-state index in [1.807, 2.05) is 12.1 Å². The maximum atomic E-state index is 11.7. The van der Waals surface area contributed by atoms with Crippen LogP contribution in [0.5, 0.6) is 11.5 Å². The lowest BCUT2D eigenvalue weighted by Gasteiger charge is -2.15. The van der Waals surface area contributed by atoms with E-state index in [9.17, 15) is 9.59 Å². The van der Waals surface area contributed by atoms with Gasteiger partial charge in [0.2, 0.25) is 0 Å². The fraction of sp³-hybridized carbons (Fsp3) is 0.111. The first-order valence-electron chi connectivity index (χ1n) is 7.20. The van der Waals surface area contributed by atoms with Crippen molar-refractivity contribution in [2.45, 2.75) is 0 Å². The van der Waals surface area contributed by atoms with E-state index < -0.39 is 12.3 Å². The van der Waals surface area contributed by atoms with Crippen LogP contribution in [0, 0.1) is 3.57 Å². The Morgan fingerprint density at radius 2 is 1.24 bits per heavy atom. The second kappa shape index (κ2) is 7.14. The largest absolute Gasteiger partial charge is 0.513 e. The average molecular weight is 452 g/mol. The fourth-order valence-electron chi connectivity index (χ4n) is 2.54. The van der Waals surface area contributed by atoms with Crippen molar-refractivity contribution in [3.05, 3.63) is 46.0 Å². The minimum absolute atomic E-state index is 0.339. The molecule has 0 aliphatic heterocycles. The highest BCUT2D eigenvalue weighted by molar-refractivity contribution is 14.1. The number of hydrogen-bond donors (Lipinski definition) is 0. The van der Waals surface area contributed by atoms with Crippen LogP contribution in [0.1, 0.15) is 0 Å². The number of ether oxygens (including phenoxy) is 4. The standard InChI is InChI=1S/C18H13IO6/c1-22-17(20)24-15-11-5-3-4-6-12(11)16(25-18(21)23-2)14-9-10(19)7-8-13(14)15/h3-9H,1-2H3. The number of carbonyl (C=O) groups is 2. The van der Waals surface area contributed by atoms with Gasteiger partial charge in [0, 0.05) is 25.1 Å². The van der Waals surface area contributed by atoms with Gasteiger partial charge in [-0.15, -0.1) is 0 Å². The van der Waals surface area contributed by atoms with Crippen molar-refractivity contribution in [1.29, 1.82) is 0 Å². The normalized spacial score (nSPS) is 10.5. The quantitative estimate of drug-likeness (QED) is 0.239. The third-order valence-electron chi connectivity index (χ3n) is 3.59. The molecule has 0 heterocycles. The number of halogens is 1. The summed E-state index contributed by atoms with van der Waals surface area (Å²) in [5.41, 5.74) is 0. The van der Waals surface area contributed by atoms with Gasteiger partial charge in [0.25, 0.3) is 0 Å². The summed E-state index contributed by atoms with van der Waals surface area (Å²) < 4.78 is 21.0. The summed E-state index contributed by atoms with van der Waals surface area (Å²) in [6.45, 7) is 0. The Bertz CT molecular complexity index is 982. The molecule has 7 heteroatoms. The predicted octanol–water partition coefficient (Wildman–Crippen LogP) is 4.89. The van der Waals surface area contributed by atoms with Gasteiger partial charge >= 0.3 is 12.3 Å². The first-order valence-corrected chi connectivity index (χ1v) is 8.28. The van der Waals surface area contributed by atoms with Gasteiger partial charge < -0.3 is 18.9 Å². The molecule has 0 unspecified atom stereocenters. The zero-order chi connectivity index (χ0) is 18.0. The molecular weight excluding hydrogens is 439 g/mol. The Labute approximate surface area is 156 Å².